The van der Waals surface area contributed by atoms with Crippen LogP contribution < -0.4 is 10.2 Å². The quantitative estimate of drug-likeness (QED) is 0.283. The summed E-state index contributed by atoms with van der Waals surface area (Å²) in [5, 5.41) is 20.5. The molecule has 1 atom stereocenters. The lowest BCUT2D eigenvalue weighted by molar-refractivity contribution is -0.137. The first-order valence-corrected chi connectivity index (χ1v) is 12.7. The molecule has 0 bridgehead atoms. The van der Waals surface area contributed by atoms with Crippen LogP contribution in [-0.2, 0) is 10.9 Å². The minimum absolute atomic E-state index is 0.00778. The largest absolute Gasteiger partial charge is 0.444 e. The molecule has 39 heavy (non-hydrogen) atoms. The van der Waals surface area contributed by atoms with Gasteiger partial charge in [0.05, 0.1) is 28.9 Å². The summed E-state index contributed by atoms with van der Waals surface area (Å²) in [5.41, 5.74) is 2.65. The molecule has 1 amide bonds. The number of benzene rings is 3. The predicted molar refractivity (Wildman–Crippen MR) is 146 cm³/mol. The Balaban J connectivity index is 1.73. The van der Waals surface area contributed by atoms with Gasteiger partial charge in [0, 0.05) is 23.5 Å². The Morgan fingerprint density at radius 2 is 1.74 bits per heavy atom. The number of aliphatic hydroxyl groups is 1. The molecule has 3 aromatic carbocycles. The number of carbonyl (C=O) groups is 1. The monoisotopic (exact) mass is 559 g/mol. The molecule has 0 aromatic heterocycles. The maximum Gasteiger partial charge on any atom is 0.416 e. The molecule has 1 heterocycles. The smallest absolute Gasteiger partial charge is 0.416 e. The summed E-state index contributed by atoms with van der Waals surface area (Å²) in [6.07, 6.45) is -4.47. The van der Waals surface area contributed by atoms with Gasteiger partial charge < -0.3 is 25.5 Å². The van der Waals surface area contributed by atoms with Crippen LogP contribution >= 0.6 is 11.6 Å². The summed E-state index contributed by atoms with van der Waals surface area (Å²) >= 11 is 6.43. The lowest BCUT2D eigenvalue weighted by Gasteiger charge is -2.37. The van der Waals surface area contributed by atoms with Crippen molar-refractivity contribution in [3.05, 3.63) is 82.4 Å². The molecule has 0 saturated carbocycles. The van der Waals surface area contributed by atoms with Crippen molar-refractivity contribution in [1.29, 1.82) is 5.41 Å². The lowest BCUT2D eigenvalue weighted by Crippen LogP contribution is -2.39. The van der Waals surface area contributed by atoms with Crippen LogP contribution in [0, 0.1) is 5.41 Å². The van der Waals surface area contributed by atoms with E-state index in [9.17, 15) is 23.1 Å². The molecular formula is C29H29ClF3N3O3. The molecule has 0 fully saturated rings. The van der Waals surface area contributed by atoms with Crippen LogP contribution in [0.1, 0.15) is 49.9 Å². The summed E-state index contributed by atoms with van der Waals surface area (Å²) in [5.74, 6) is 0. The van der Waals surface area contributed by atoms with E-state index in [1.807, 2.05) is 23.1 Å². The molecule has 1 aliphatic heterocycles. The Labute approximate surface area is 229 Å². The normalized spacial score (nSPS) is 15.5. The average molecular weight is 560 g/mol. The van der Waals surface area contributed by atoms with Crippen molar-refractivity contribution in [1.82, 2.24) is 5.32 Å². The highest BCUT2D eigenvalue weighted by Gasteiger charge is 2.31. The zero-order chi connectivity index (χ0) is 28.5. The van der Waals surface area contributed by atoms with Gasteiger partial charge in [0.15, 0.2) is 0 Å². The van der Waals surface area contributed by atoms with E-state index in [0.717, 1.165) is 29.1 Å². The van der Waals surface area contributed by atoms with Gasteiger partial charge in [0.1, 0.15) is 5.60 Å². The van der Waals surface area contributed by atoms with Crippen molar-refractivity contribution < 1.29 is 27.8 Å². The molecule has 1 aliphatic rings. The number of rotatable bonds is 5. The van der Waals surface area contributed by atoms with Crippen molar-refractivity contribution in [2.24, 2.45) is 0 Å². The number of ether oxygens (including phenoxy) is 1. The summed E-state index contributed by atoms with van der Waals surface area (Å²) in [6, 6.07) is 15.3. The molecule has 3 aromatic rings. The number of aliphatic hydroxyl groups excluding tert-OH is 1. The average Bonchev–Trinajstić information content (AvgIpc) is 2.86. The summed E-state index contributed by atoms with van der Waals surface area (Å²) < 4.78 is 44.7. The number of fused-ring (bicyclic) bond motifs is 1. The highest BCUT2D eigenvalue weighted by atomic mass is 35.5. The van der Waals surface area contributed by atoms with Gasteiger partial charge in [-0.3, -0.25) is 0 Å². The van der Waals surface area contributed by atoms with Crippen LogP contribution in [0.5, 0.6) is 0 Å². The Morgan fingerprint density at radius 1 is 1.08 bits per heavy atom. The van der Waals surface area contributed by atoms with Crippen molar-refractivity contribution in [2.75, 3.05) is 18.1 Å². The lowest BCUT2D eigenvalue weighted by atomic mass is 9.91. The number of anilines is 2. The van der Waals surface area contributed by atoms with Crippen molar-refractivity contribution in [3.63, 3.8) is 0 Å². The second kappa shape index (κ2) is 10.9. The third kappa shape index (κ3) is 6.54. The fourth-order valence-electron chi connectivity index (χ4n) is 4.51. The van der Waals surface area contributed by atoms with E-state index >= 15 is 0 Å². The van der Waals surface area contributed by atoms with Crippen LogP contribution in [0.15, 0.2) is 60.7 Å². The van der Waals surface area contributed by atoms with Crippen molar-refractivity contribution in [3.8, 4) is 11.1 Å². The highest BCUT2D eigenvalue weighted by molar-refractivity contribution is 6.34. The Morgan fingerprint density at radius 3 is 2.33 bits per heavy atom. The summed E-state index contributed by atoms with van der Waals surface area (Å²) in [6.45, 7) is 5.41. The number of alkyl halides is 3. The Hall–Kier alpha value is -3.56. The van der Waals surface area contributed by atoms with Crippen LogP contribution in [-0.4, -0.2) is 35.7 Å². The van der Waals surface area contributed by atoms with Gasteiger partial charge >= 0.3 is 12.3 Å². The van der Waals surface area contributed by atoms with Gasteiger partial charge in [-0.15, -0.1) is 0 Å². The molecule has 0 spiro atoms. The Kier molecular flexibility index (Phi) is 7.95. The molecule has 0 radical (unpaired) electrons. The van der Waals surface area contributed by atoms with Gasteiger partial charge in [-0.2, -0.15) is 13.2 Å². The van der Waals surface area contributed by atoms with Gasteiger partial charge in [-0.05, 0) is 86.3 Å². The number of hydrogen-bond donors (Lipinski definition) is 3. The molecular weight excluding hydrogens is 531 g/mol. The van der Waals surface area contributed by atoms with Crippen molar-refractivity contribution >= 4 is 34.8 Å². The number of alkyl carbamates (subject to hydrolysis) is 1. The van der Waals surface area contributed by atoms with E-state index in [-0.39, 0.29) is 5.71 Å². The number of nitrogens with one attached hydrogen (secondary N) is 2. The molecule has 1 unspecified atom stereocenters. The molecule has 6 nitrogen and oxygen atoms in total. The SMILES string of the molecule is CC(C)(C)OC(=O)NC1CCN(c2ccc(C(=N)CO)c(Cl)c2)c2ccc(-c3ccc(C(F)(F)F)cc3)cc21. The first kappa shape index (κ1) is 28.4. The minimum atomic E-state index is -4.43. The zero-order valence-electron chi connectivity index (χ0n) is 21.7. The standard InChI is InChI=1S/C29H29ClF3N3O3/c1-28(2,3)39-27(38)35-25-12-13-36(20-9-10-21(23(30)15-20)24(34)16-37)26-11-6-18(14-22(25)26)17-4-7-19(8-5-17)29(31,32)33/h4-11,14-15,25,34,37H,12-13,16H2,1-3H3,(H,35,38). The van der Waals surface area contributed by atoms with Crippen LogP contribution in [0.2, 0.25) is 5.02 Å². The number of nitrogens with zero attached hydrogens (tertiary/aromatic N) is 1. The van der Waals surface area contributed by atoms with Crippen LogP contribution in [0.3, 0.4) is 0 Å². The Bertz CT molecular complexity index is 1390. The van der Waals surface area contributed by atoms with E-state index in [0.29, 0.717) is 34.7 Å². The molecule has 4 rings (SSSR count). The first-order chi connectivity index (χ1) is 18.3. The molecule has 0 aliphatic carbocycles. The van der Waals surface area contributed by atoms with Crippen molar-refractivity contribution in [2.45, 2.75) is 45.0 Å². The predicted octanol–water partition coefficient (Wildman–Crippen LogP) is 7.49. The van der Waals surface area contributed by atoms with Crippen LogP contribution in [0.4, 0.5) is 29.3 Å². The van der Waals surface area contributed by atoms with Gasteiger partial charge in [0.25, 0.3) is 0 Å². The maximum absolute atomic E-state index is 13.1. The second-order valence-corrected chi connectivity index (χ2v) is 10.7. The molecule has 0 saturated heterocycles. The summed E-state index contributed by atoms with van der Waals surface area (Å²) in [4.78, 5) is 14.7. The van der Waals surface area contributed by atoms with E-state index in [2.05, 4.69) is 5.32 Å². The molecule has 3 N–H and O–H groups in total. The zero-order valence-corrected chi connectivity index (χ0v) is 22.5. The number of carbonyl (C=O) groups excluding carboxylic acids is 1. The third-order valence-corrected chi connectivity index (χ3v) is 6.63. The highest BCUT2D eigenvalue weighted by Crippen LogP contribution is 2.42. The fraction of sp³-hybridized carbons (Fsp3) is 0.310. The maximum atomic E-state index is 13.1. The van der Waals surface area contributed by atoms with E-state index in [4.69, 9.17) is 21.7 Å². The fourth-order valence-corrected chi connectivity index (χ4v) is 4.80. The minimum Gasteiger partial charge on any atom is -0.444 e. The number of hydrogen-bond acceptors (Lipinski definition) is 5. The van der Waals surface area contributed by atoms with E-state index < -0.39 is 36.1 Å². The molecule has 10 heteroatoms. The van der Waals surface area contributed by atoms with Gasteiger partial charge in [0.2, 0.25) is 0 Å². The van der Waals surface area contributed by atoms with E-state index in [1.165, 1.54) is 12.1 Å². The van der Waals surface area contributed by atoms with Crippen LogP contribution in [0.25, 0.3) is 11.1 Å². The van der Waals surface area contributed by atoms with E-state index in [1.54, 1.807) is 39.0 Å². The van der Waals surface area contributed by atoms with Gasteiger partial charge in [-0.25, -0.2) is 4.79 Å². The topological polar surface area (TPSA) is 85.7 Å². The molecule has 206 valence electrons. The van der Waals surface area contributed by atoms with Gasteiger partial charge in [-0.1, -0.05) is 29.8 Å². The second-order valence-electron chi connectivity index (χ2n) is 10.3. The number of amides is 1. The third-order valence-electron chi connectivity index (χ3n) is 6.32. The first-order valence-electron chi connectivity index (χ1n) is 12.3. The number of halogens is 4. The summed E-state index contributed by atoms with van der Waals surface area (Å²) in [7, 11) is 0.